The summed E-state index contributed by atoms with van der Waals surface area (Å²) in [5.74, 6) is -1.18. The average molecular weight is 655 g/mol. The van der Waals surface area contributed by atoms with Crippen molar-refractivity contribution in [2.24, 2.45) is 16.8 Å². The van der Waals surface area contributed by atoms with E-state index in [1.165, 1.54) is 7.11 Å². The zero-order valence-electron chi connectivity index (χ0n) is 28.3. The van der Waals surface area contributed by atoms with Gasteiger partial charge in [-0.05, 0) is 77.8 Å². The summed E-state index contributed by atoms with van der Waals surface area (Å²) >= 11 is 0. The number of hydrogen-bond donors (Lipinski definition) is 3. The first-order valence-electron chi connectivity index (χ1n) is 16.4. The van der Waals surface area contributed by atoms with Crippen LogP contribution in [0.5, 0.6) is 0 Å². The maximum Gasteiger partial charge on any atom is 0.410 e. The van der Waals surface area contributed by atoms with Crippen LogP contribution in [0.15, 0.2) is 5.11 Å². The Morgan fingerprint density at radius 1 is 1.22 bits per heavy atom. The summed E-state index contributed by atoms with van der Waals surface area (Å²) < 4.78 is 30.1. The molecule has 4 N–H and O–H groups in total. The Morgan fingerprint density at radius 2 is 1.93 bits per heavy atom. The topological polar surface area (TPSA) is 208 Å². The Bertz CT molecular complexity index is 1110. The van der Waals surface area contributed by atoms with Crippen molar-refractivity contribution in [2.75, 3.05) is 26.7 Å². The number of carbonyl (C=O) groups excluding carboxylic acids is 3. The van der Waals surface area contributed by atoms with Crippen LogP contribution in [0.3, 0.4) is 0 Å². The molecule has 3 fully saturated rings. The molecule has 0 radical (unpaired) electrons. The van der Waals surface area contributed by atoms with Crippen molar-refractivity contribution >= 4 is 17.8 Å². The van der Waals surface area contributed by atoms with Gasteiger partial charge in [0, 0.05) is 43.6 Å². The van der Waals surface area contributed by atoms with E-state index in [9.17, 15) is 19.5 Å². The smallest absolute Gasteiger partial charge is 0.410 e. The number of rotatable bonds is 9. The van der Waals surface area contributed by atoms with Crippen molar-refractivity contribution in [1.82, 2.24) is 10.2 Å². The number of ketones is 1. The summed E-state index contributed by atoms with van der Waals surface area (Å²) in [6, 6.07) is -1.36. The number of unbranched alkanes of at least 4 members (excludes halogenated alkanes) is 1. The van der Waals surface area contributed by atoms with Gasteiger partial charge in [0.2, 0.25) is 0 Å². The lowest BCUT2D eigenvalue weighted by Crippen LogP contribution is -2.60. The molecule has 0 aromatic rings. The lowest BCUT2D eigenvalue weighted by molar-refractivity contribution is -0.282. The molecule has 0 saturated carbocycles. The zero-order valence-corrected chi connectivity index (χ0v) is 28.3. The van der Waals surface area contributed by atoms with Gasteiger partial charge in [0.15, 0.2) is 11.9 Å². The van der Waals surface area contributed by atoms with Crippen LogP contribution in [0, 0.1) is 5.92 Å². The van der Waals surface area contributed by atoms with Crippen LogP contribution in [0.4, 0.5) is 4.79 Å². The van der Waals surface area contributed by atoms with Crippen molar-refractivity contribution in [1.29, 1.82) is 0 Å². The molecule has 3 heterocycles. The van der Waals surface area contributed by atoms with E-state index in [4.69, 9.17) is 34.9 Å². The van der Waals surface area contributed by atoms with E-state index < -0.39 is 72.2 Å². The maximum atomic E-state index is 13.4. The molecule has 46 heavy (non-hydrogen) atoms. The Balaban J connectivity index is 1.92. The average Bonchev–Trinajstić information content (AvgIpc) is 3.25. The van der Waals surface area contributed by atoms with Crippen molar-refractivity contribution in [3.63, 3.8) is 0 Å². The van der Waals surface area contributed by atoms with Crippen LogP contribution in [0.1, 0.15) is 86.5 Å². The van der Waals surface area contributed by atoms with Crippen LogP contribution in [0.25, 0.3) is 10.4 Å². The van der Waals surface area contributed by atoms with Gasteiger partial charge in [0.25, 0.3) is 0 Å². The van der Waals surface area contributed by atoms with E-state index in [1.54, 1.807) is 11.8 Å². The summed E-state index contributed by atoms with van der Waals surface area (Å²) in [4.78, 5) is 44.4. The quantitative estimate of drug-likeness (QED) is 0.0822. The van der Waals surface area contributed by atoms with Gasteiger partial charge in [0.05, 0.1) is 23.9 Å². The van der Waals surface area contributed by atoms with Gasteiger partial charge in [0.1, 0.15) is 24.4 Å². The minimum atomic E-state index is -1.21. The first kappa shape index (κ1) is 37.9. The molecule has 0 spiro atoms. The molecule has 3 aliphatic heterocycles. The van der Waals surface area contributed by atoms with Crippen LogP contribution in [0.2, 0.25) is 0 Å². The number of methoxy groups -OCH3 is 1. The number of aliphatic hydroxyl groups is 1. The molecule has 15 heteroatoms. The lowest BCUT2D eigenvalue weighted by atomic mass is 9.83. The molecule has 0 aromatic carbocycles. The molecule has 0 bridgehead atoms. The number of azide groups is 1. The van der Waals surface area contributed by atoms with Gasteiger partial charge >= 0.3 is 12.1 Å². The van der Waals surface area contributed by atoms with Crippen LogP contribution in [-0.2, 0) is 33.3 Å². The molecule has 0 aliphatic carbocycles. The molecule has 4 unspecified atom stereocenters. The summed E-state index contributed by atoms with van der Waals surface area (Å²) in [6.07, 6.45) is -2.95. The molecule has 3 saturated heterocycles. The van der Waals surface area contributed by atoms with E-state index in [-0.39, 0.29) is 24.5 Å². The van der Waals surface area contributed by atoms with Gasteiger partial charge in [-0.2, -0.15) is 0 Å². The SMILES string of the molecule is CC[C@H]1OC(=O)CC(=O)C[C@@H](OC2OC(C)CC(N)C2O)[C@](C)(OC)C[C@@H](C)CN[C@H](C)[C@H]2N(CCCCN=[N+]=[N-])C(=O)O[C@]12C. The number of aliphatic hydroxyl groups excluding tert-OH is 1. The van der Waals surface area contributed by atoms with Crippen molar-refractivity contribution in [3.8, 4) is 0 Å². The highest BCUT2D eigenvalue weighted by molar-refractivity contribution is 5.95. The monoisotopic (exact) mass is 654 g/mol. The number of Topliss-reactive ketones (excluding diaryl/α,β-unsaturated/α-hetero) is 1. The van der Waals surface area contributed by atoms with Gasteiger partial charge in [-0.25, -0.2) is 4.79 Å². The number of amides is 1. The minimum absolute atomic E-state index is 0.00136. The Morgan fingerprint density at radius 3 is 2.59 bits per heavy atom. The van der Waals surface area contributed by atoms with Crippen molar-refractivity contribution in [3.05, 3.63) is 10.4 Å². The van der Waals surface area contributed by atoms with Crippen molar-refractivity contribution < 1.29 is 43.2 Å². The summed E-state index contributed by atoms with van der Waals surface area (Å²) in [7, 11) is 1.54. The standard InChI is InChI=1S/C31H54N6O9/c1-8-23-31(6)27(37(29(41)46-31)12-10-9-11-35-36-33)20(4)34-17-18(2)16-30(5,42-7)24(14-21(38)15-25(39)44-23)45-28-26(40)22(32)13-19(3)43-28/h18-20,22-24,26-28,34,40H,8-17,32H2,1-7H3/t18-,19?,20-,22?,23-,24-,26?,27-,28?,30-,31-/m1/s1. The normalized spacial score (nSPS) is 39.8. The molecule has 15 nitrogen and oxygen atoms in total. The summed E-state index contributed by atoms with van der Waals surface area (Å²) in [6.45, 7) is 12.5. The first-order chi connectivity index (χ1) is 21.7. The fourth-order valence-corrected chi connectivity index (χ4v) is 7.12. The van der Waals surface area contributed by atoms with E-state index in [0.29, 0.717) is 51.7 Å². The summed E-state index contributed by atoms with van der Waals surface area (Å²) in [5.41, 5.74) is 12.5. The van der Waals surface area contributed by atoms with E-state index in [2.05, 4.69) is 15.3 Å². The molecule has 0 aromatic heterocycles. The summed E-state index contributed by atoms with van der Waals surface area (Å²) in [5, 5.41) is 17.9. The number of cyclic esters (lactones) is 1. The highest BCUT2D eigenvalue weighted by Gasteiger charge is 2.58. The number of nitrogens with two attached hydrogens (primary N) is 1. The van der Waals surface area contributed by atoms with Gasteiger partial charge in [-0.1, -0.05) is 19.0 Å². The fourth-order valence-electron chi connectivity index (χ4n) is 7.12. The molecular weight excluding hydrogens is 600 g/mol. The Hall–Kier alpha value is -2.52. The first-order valence-corrected chi connectivity index (χ1v) is 16.4. The van der Waals surface area contributed by atoms with Crippen LogP contribution >= 0.6 is 0 Å². The fraction of sp³-hybridized carbons (Fsp3) is 0.903. The third kappa shape index (κ3) is 9.09. The number of ether oxygens (including phenoxy) is 5. The van der Waals surface area contributed by atoms with Gasteiger partial charge in [-0.15, -0.1) is 0 Å². The van der Waals surface area contributed by atoms with Gasteiger partial charge in [-0.3, -0.25) is 14.5 Å². The minimum Gasteiger partial charge on any atom is -0.458 e. The van der Waals surface area contributed by atoms with Gasteiger partial charge < -0.3 is 39.8 Å². The number of nitrogens with zero attached hydrogens (tertiary/aromatic N) is 4. The molecule has 3 aliphatic rings. The number of esters is 1. The predicted molar refractivity (Wildman–Crippen MR) is 168 cm³/mol. The van der Waals surface area contributed by atoms with Crippen LogP contribution < -0.4 is 11.1 Å². The van der Waals surface area contributed by atoms with Crippen molar-refractivity contribution in [2.45, 2.75) is 147 Å². The zero-order chi connectivity index (χ0) is 34.2. The third-order valence-electron chi connectivity index (χ3n) is 9.62. The second-order valence-electron chi connectivity index (χ2n) is 13.5. The second kappa shape index (κ2) is 16.5. The Labute approximate surface area is 271 Å². The third-order valence-corrected chi connectivity index (χ3v) is 9.62. The highest BCUT2D eigenvalue weighted by Crippen LogP contribution is 2.39. The van der Waals surface area contributed by atoms with E-state index in [1.807, 2.05) is 34.6 Å². The largest absolute Gasteiger partial charge is 0.458 e. The molecule has 11 atom stereocenters. The molecule has 262 valence electrons. The number of nitrogens with one attached hydrogen (secondary N) is 1. The molecular formula is C31H54N6O9. The second-order valence-corrected chi connectivity index (χ2v) is 13.5. The number of carbonyl (C=O) groups is 3. The Kier molecular flexibility index (Phi) is 13.6. The maximum absolute atomic E-state index is 13.4. The number of fused-ring (bicyclic) bond motifs is 1. The number of hydrogen-bond acceptors (Lipinski definition) is 12. The molecule has 3 rings (SSSR count). The van der Waals surface area contributed by atoms with E-state index >= 15 is 0 Å². The van der Waals surface area contributed by atoms with Crippen LogP contribution in [-0.4, -0.2) is 115 Å². The predicted octanol–water partition coefficient (Wildman–Crippen LogP) is 2.96. The molecule has 1 amide bonds. The van der Waals surface area contributed by atoms with E-state index in [0.717, 1.165) is 0 Å². The lowest BCUT2D eigenvalue weighted by Gasteiger charge is -2.43. The highest BCUT2D eigenvalue weighted by atomic mass is 16.7.